The number of carbonyl (C=O) groups is 1. The number of nitrogens with one attached hydrogen (secondary N) is 1. The Bertz CT molecular complexity index is 985. The van der Waals surface area contributed by atoms with Crippen molar-refractivity contribution in [3.63, 3.8) is 0 Å². The Morgan fingerprint density at radius 2 is 1.96 bits per heavy atom. The van der Waals surface area contributed by atoms with Crippen molar-refractivity contribution in [2.24, 2.45) is 0 Å². The van der Waals surface area contributed by atoms with Crippen molar-refractivity contribution >= 4 is 11.6 Å². The van der Waals surface area contributed by atoms with Crippen LogP contribution in [0.3, 0.4) is 0 Å². The Balaban J connectivity index is 1.67. The number of hydrogen-bond donors (Lipinski definition) is 1. The van der Waals surface area contributed by atoms with Gasteiger partial charge in [0.25, 0.3) is 11.5 Å². The zero-order valence-corrected chi connectivity index (χ0v) is 14.7. The van der Waals surface area contributed by atoms with Crippen LogP contribution < -0.4 is 10.9 Å². The second kappa shape index (κ2) is 6.93. The highest BCUT2D eigenvalue weighted by Gasteiger charge is 2.16. The highest BCUT2D eigenvalue weighted by Crippen LogP contribution is 2.13. The fourth-order valence-corrected chi connectivity index (χ4v) is 2.97. The molecule has 0 saturated heterocycles. The van der Waals surface area contributed by atoms with Crippen LogP contribution in [-0.2, 0) is 6.54 Å². The van der Waals surface area contributed by atoms with Crippen LogP contribution in [0.2, 0.25) is 0 Å². The summed E-state index contributed by atoms with van der Waals surface area (Å²) in [5, 5.41) is 2.93. The lowest BCUT2D eigenvalue weighted by molar-refractivity contribution is 0.0946. The van der Waals surface area contributed by atoms with Crippen LogP contribution in [0.1, 0.15) is 33.9 Å². The van der Waals surface area contributed by atoms with Crippen molar-refractivity contribution in [3.8, 4) is 0 Å². The van der Waals surface area contributed by atoms with Crippen LogP contribution in [-0.4, -0.2) is 26.4 Å². The van der Waals surface area contributed by atoms with Crippen LogP contribution >= 0.6 is 0 Å². The number of fused-ring (bicyclic) bond motifs is 1. The topological polar surface area (TPSA) is 68.4 Å². The molecule has 0 saturated carbocycles. The third-order valence-electron chi connectivity index (χ3n) is 4.27. The number of amides is 1. The molecule has 3 heterocycles. The summed E-state index contributed by atoms with van der Waals surface area (Å²) in [6.45, 7) is 6.81. The van der Waals surface area contributed by atoms with Gasteiger partial charge in [-0.2, -0.15) is 0 Å². The predicted octanol–water partition coefficient (Wildman–Crippen LogP) is 2.24. The number of imidazole rings is 1. The first-order valence-electron chi connectivity index (χ1n) is 8.37. The van der Waals surface area contributed by atoms with Gasteiger partial charge in [-0.1, -0.05) is 12.1 Å². The predicted molar refractivity (Wildman–Crippen MR) is 97.1 cm³/mol. The first kappa shape index (κ1) is 17.0. The number of carbonyl (C=O) groups excluding carboxylic acids is 1. The second-order valence-corrected chi connectivity index (χ2v) is 6.25. The Morgan fingerprint density at radius 3 is 2.72 bits per heavy atom. The molecule has 0 aliphatic rings. The molecule has 0 bridgehead atoms. The maximum atomic E-state index is 12.6. The van der Waals surface area contributed by atoms with E-state index in [0.29, 0.717) is 30.9 Å². The molecule has 3 aromatic rings. The van der Waals surface area contributed by atoms with E-state index in [1.165, 1.54) is 0 Å². The highest BCUT2D eigenvalue weighted by molar-refractivity contribution is 5.94. The van der Waals surface area contributed by atoms with Gasteiger partial charge < -0.3 is 9.88 Å². The molecule has 130 valence electrons. The van der Waals surface area contributed by atoms with E-state index in [-0.39, 0.29) is 11.5 Å². The standard InChI is InChI=1S/C19H22N4O2/c1-13-8-9-16-21-15(3)18(23(16)12-13)19(25)20-10-5-11-22-14(2)6-4-7-17(22)24/h4,6-9,12H,5,10-11H2,1-3H3,(H,20,25). The molecule has 1 N–H and O–H groups in total. The Morgan fingerprint density at radius 1 is 1.16 bits per heavy atom. The number of hydrogen-bond acceptors (Lipinski definition) is 3. The second-order valence-electron chi connectivity index (χ2n) is 6.25. The molecular weight excluding hydrogens is 316 g/mol. The first-order chi connectivity index (χ1) is 12.0. The molecule has 0 radical (unpaired) electrons. The smallest absolute Gasteiger partial charge is 0.270 e. The lowest BCUT2D eigenvalue weighted by atomic mass is 10.3. The molecule has 6 nitrogen and oxygen atoms in total. The molecule has 0 unspecified atom stereocenters. The van der Waals surface area contributed by atoms with E-state index < -0.39 is 0 Å². The van der Waals surface area contributed by atoms with Gasteiger partial charge in [0.2, 0.25) is 0 Å². The van der Waals surface area contributed by atoms with Gasteiger partial charge in [0, 0.05) is 31.0 Å². The molecule has 3 rings (SSSR count). The third kappa shape index (κ3) is 3.47. The van der Waals surface area contributed by atoms with Gasteiger partial charge in [0.15, 0.2) is 0 Å². The molecular formula is C19H22N4O2. The lowest BCUT2D eigenvalue weighted by Crippen LogP contribution is -2.28. The fourth-order valence-electron chi connectivity index (χ4n) is 2.97. The third-order valence-corrected chi connectivity index (χ3v) is 4.27. The van der Waals surface area contributed by atoms with E-state index in [4.69, 9.17) is 0 Å². The zero-order valence-electron chi connectivity index (χ0n) is 14.7. The lowest BCUT2D eigenvalue weighted by Gasteiger charge is -2.10. The number of pyridine rings is 2. The monoisotopic (exact) mass is 338 g/mol. The summed E-state index contributed by atoms with van der Waals surface area (Å²) in [6.07, 6.45) is 2.60. The minimum atomic E-state index is -0.146. The van der Waals surface area contributed by atoms with Gasteiger partial charge in [0.05, 0.1) is 5.69 Å². The van der Waals surface area contributed by atoms with E-state index in [2.05, 4.69) is 10.3 Å². The van der Waals surface area contributed by atoms with Gasteiger partial charge in [0.1, 0.15) is 11.3 Å². The van der Waals surface area contributed by atoms with Gasteiger partial charge in [-0.3, -0.25) is 14.0 Å². The number of nitrogens with zero attached hydrogens (tertiary/aromatic N) is 3. The van der Waals surface area contributed by atoms with Crippen LogP contribution in [0.5, 0.6) is 0 Å². The molecule has 6 heteroatoms. The SMILES string of the molecule is Cc1ccc2nc(C)c(C(=O)NCCCn3c(C)cccc3=O)n2c1. The largest absolute Gasteiger partial charge is 0.351 e. The molecule has 0 aromatic carbocycles. The van der Waals surface area contributed by atoms with E-state index in [1.807, 2.05) is 49.6 Å². The van der Waals surface area contributed by atoms with Crippen LogP contribution in [0.25, 0.3) is 5.65 Å². The summed E-state index contributed by atoms with van der Waals surface area (Å²) in [5.41, 5.74) is 4.01. The summed E-state index contributed by atoms with van der Waals surface area (Å²) >= 11 is 0. The maximum absolute atomic E-state index is 12.6. The minimum absolute atomic E-state index is 0.0144. The van der Waals surface area contributed by atoms with Crippen molar-refractivity contribution in [1.82, 2.24) is 19.3 Å². The van der Waals surface area contributed by atoms with Gasteiger partial charge in [-0.25, -0.2) is 4.98 Å². The molecule has 0 aliphatic carbocycles. The van der Waals surface area contributed by atoms with E-state index in [0.717, 1.165) is 16.9 Å². The molecule has 0 aliphatic heterocycles. The van der Waals surface area contributed by atoms with Crippen molar-refractivity contribution in [3.05, 3.63) is 69.5 Å². The maximum Gasteiger partial charge on any atom is 0.270 e. The van der Waals surface area contributed by atoms with Crippen LogP contribution in [0.4, 0.5) is 0 Å². The average Bonchev–Trinajstić information content (AvgIpc) is 2.88. The van der Waals surface area contributed by atoms with E-state index in [9.17, 15) is 9.59 Å². The Hall–Kier alpha value is -2.89. The van der Waals surface area contributed by atoms with E-state index >= 15 is 0 Å². The summed E-state index contributed by atoms with van der Waals surface area (Å²) in [7, 11) is 0. The highest BCUT2D eigenvalue weighted by atomic mass is 16.2. The molecule has 0 fully saturated rings. The summed E-state index contributed by atoms with van der Waals surface area (Å²) in [6, 6.07) is 9.10. The number of aryl methyl sites for hydroxylation is 3. The average molecular weight is 338 g/mol. The van der Waals surface area contributed by atoms with Crippen LogP contribution in [0.15, 0.2) is 41.3 Å². The molecule has 0 atom stereocenters. The fraction of sp³-hybridized carbons (Fsp3) is 0.316. The van der Waals surface area contributed by atoms with Gasteiger partial charge >= 0.3 is 0 Å². The van der Waals surface area contributed by atoms with Gasteiger partial charge in [-0.05, 0) is 44.9 Å². The quantitative estimate of drug-likeness (QED) is 0.726. The van der Waals surface area contributed by atoms with Crippen molar-refractivity contribution in [2.75, 3.05) is 6.54 Å². The molecule has 3 aromatic heterocycles. The Kier molecular flexibility index (Phi) is 4.70. The van der Waals surface area contributed by atoms with Crippen molar-refractivity contribution in [1.29, 1.82) is 0 Å². The normalized spacial score (nSPS) is 11.0. The summed E-state index contributed by atoms with van der Waals surface area (Å²) < 4.78 is 3.54. The number of rotatable bonds is 5. The first-order valence-corrected chi connectivity index (χ1v) is 8.37. The minimum Gasteiger partial charge on any atom is -0.351 e. The van der Waals surface area contributed by atoms with Crippen molar-refractivity contribution < 1.29 is 4.79 Å². The molecule has 0 spiro atoms. The number of aromatic nitrogens is 3. The van der Waals surface area contributed by atoms with Crippen molar-refractivity contribution in [2.45, 2.75) is 33.7 Å². The Labute approximate surface area is 146 Å². The summed E-state index contributed by atoms with van der Waals surface area (Å²) in [4.78, 5) is 28.8. The molecule has 25 heavy (non-hydrogen) atoms. The van der Waals surface area contributed by atoms with E-state index in [1.54, 1.807) is 16.7 Å². The summed E-state index contributed by atoms with van der Waals surface area (Å²) in [5.74, 6) is -0.146. The van der Waals surface area contributed by atoms with Crippen LogP contribution in [0, 0.1) is 20.8 Å². The van der Waals surface area contributed by atoms with Gasteiger partial charge in [-0.15, -0.1) is 0 Å². The zero-order chi connectivity index (χ0) is 18.0. The molecule has 1 amide bonds.